The Kier molecular flexibility index (Phi) is 5.57. The van der Waals surface area contributed by atoms with E-state index in [9.17, 15) is 9.59 Å². The number of amides is 1. The first-order valence-electron chi connectivity index (χ1n) is 10.6. The Morgan fingerprint density at radius 2 is 1.71 bits per heavy atom. The molecule has 0 radical (unpaired) electrons. The van der Waals surface area contributed by atoms with E-state index < -0.39 is 23.8 Å². The van der Waals surface area contributed by atoms with Crippen molar-refractivity contribution in [3.8, 4) is 23.2 Å². The van der Waals surface area contributed by atoms with E-state index in [2.05, 4.69) is 15.0 Å². The molecule has 1 N–H and O–H groups in total. The molecule has 12 nitrogen and oxygen atoms in total. The number of carbonyl (C=O) groups is 2. The number of nitrogens with zero attached hydrogens (tertiary/aromatic N) is 4. The highest BCUT2D eigenvalue weighted by molar-refractivity contribution is 5.85. The van der Waals surface area contributed by atoms with E-state index in [-0.39, 0.29) is 48.0 Å². The summed E-state index contributed by atoms with van der Waals surface area (Å²) in [5.74, 6) is -0.925. The Hall–Kier alpha value is -4.45. The quantitative estimate of drug-likeness (QED) is 0.423. The molecule has 5 rings (SSSR count). The third-order valence-electron chi connectivity index (χ3n) is 5.36. The summed E-state index contributed by atoms with van der Waals surface area (Å²) in [4.78, 5) is 37.9. The van der Waals surface area contributed by atoms with Gasteiger partial charge in [0.2, 0.25) is 17.7 Å². The van der Waals surface area contributed by atoms with Gasteiger partial charge in [0.1, 0.15) is 37.2 Å². The molecule has 1 aliphatic rings. The van der Waals surface area contributed by atoms with Crippen molar-refractivity contribution < 1.29 is 37.4 Å². The second-order valence-corrected chi connectivity index (χ2v) is 8.14. The number of carbonyl (C=O) groups excluding carboxylic acids is 1. The number of ether oxygens (including phenoxy) is 2. The van der Waals surface area contributed by atoms with E-state index >= 15 is 0 Å². The average Bonchev–Trinajstić information content (AvgIpc) is 3.63. The van der Waals surface area contributed by atoms with Crippen LogP contribution >= 0.6 is 0 Å². The fourth-order valence-electron chi connectivity index (χ4n) is 3.64. The minimum absolute atomic E-state index is 0.0144. The summed E-state index contributed by atoms with van der Waals surface area (Å²) in [6.07, 6.45) is 3.03. The first-order chi connectivity index (χ1) is 16.8. The summed E-state index contributed by atoms with van der Waals surface area (Å²) in [5, 5.41) is 8.99. The maximum absolute atomic E-state index is 13.0. The molecule has 1 amide bonds. The number of benzene rings is 1. The molecule has 1 aliphatic heterocycles. The van der Waals surface area contributed by atoms with Gasteiger partial charge >= 0.3 is 12.1 Å². The van der Waals surface area contributed by atoms with Gasteiger partial charge in [0.15, 0.2) is 17.1 Å². The zero-order valence-corrected chi connectivity index (χ0v) is 18.7. The van der Waals surface area contributed by atoms with Gasteiger partial charge in [0.25, 0.3) is 0 Å². The lowest BCUT2D eigenvalue weighted by Crippen LogP contribution is -2.45. The van der Waals surface area contributed by atoms with Crippen LogP contribution in [0.15, 0.2) is 62.4 Å². The van der Waals surface area contributed by atoms with Gasteiger partial charge in [-0.25, -0.2) is 24.5 Å². The van der Waals surface area contributed by atoms with E-state index in [0.717, 1.165) is 11.8 Å². The standard InChI is InChI=1S/C23H20N4O8/c1-23(2)27(22(30)34-8-13-6-4-3-5-7-13)17(12-35-23)20-25-15(10-33-20)18-24-14(9-31-18)19-26-16(11-32-19)21(28)29/h3-7,9-11,17H,8,12H2,1-2H3,(H,28,29)/t17-/m0/s1. The van der Waals surface area contributed by atoms with Crippen LogP contribution in [-0.4, -0.2) is 49.4 Å². The summed E-state index contributed by atoms with van der Waals surface area (Å²) in [5.41, 5.74) is 0.106. The number of carboxylic acids is 1. The molecule has 1 fully saturated rings. The Balaban J connectivity index is 1.33. The van der Waals surface area contributed by atoms with Crippen LogP contribution < -0.4 is 0 Å². The number of hydrogen-bond acceptors (Lipinski definition) is 10. The highest BCUT2D eigenvalue weighted by Crippen LogP contribution is 2.38. The maximum Gasteiger partial charge on any atom is 0.413 e. The van der Waals surface area contributed by atoms with E-state index in [0.29, 0.717) is 0 Å². The average molecular weight is 480 g/mol. The van der Waals surface area contributed by atoms with Gasteiger partial charge < -0.3 is 27.8 Å². The van der Waals surface area contributed by atoms with Crippen LogP contribution in [0.5, 0.6) is 0 Å². The lowest BCUT2D eigenvalue weighted by Gasteiger charge is -2.31. The van der Waals surface area contributed by atoms with Gasteiger partial charge in [0, 0.05) is 0 Å². The zero-order chi connectivity index (χ0) is 24.6. The van der Waals surface area contributed by atoms with Crippen LogP contribution in [0.3, 0.4) is 0 Å². The SMILES string of the molecule is CC1(C)OC[C@@H](c2nc(-c3nc(-c4nc(C(=O)O)co4)co3)co2)N1C(=O)OCc1ccccc1. The Morgan fingerprint density at radius 3 is 2.46 bits per heavy atom. The fraction of sp³-hybridized carbons (Fsp3) is 0.261. The highest BCUT2D eigenvalue weighted by atomic mass is 16.6. The normalized spacial score (nSPS) is 17.0. The summed E-state index contributed by atoms with van der Waals surface area (Å²) < 4.78 is 27.5. The van der Waals surface area contributed by atoms with Crippen molar-refractivity contribution in [1.82, 2.24) is 19.9 Å². The second kappa shape index (κ2) is 8.72. The Morgan fingerprint density at radius 1 is 1.03 bits per heavy atom. The molecule has 0 saturated carbocycles. The number of rotatable bonds is 6. The summed E-state index contributed by atoms with van der Waals surface area (Å²) >= 11 is 0. The van der Waals surface area contributed by atoms with E-state index in [1.807, 2.05) is 30.3 Å². The summed E-state index contributed by atoms with van der Waals surface area (Å²) in [6, 6.07) is 8.70. The predicted octanol–water partition coefficient (Wildman–Crippen LogP) is 4.13. The van der Waals surface area contributed by atoms with Crippen molar-refractivity contribution in [3.05, 3.63) is 66.3 Å². The smallest absolute Gasteiger partial charge is 0.413 e. The van der Waals surface area contributed by atoms with Crippen molar-refractivity contribution >= 4 is 12.1 Å². The van der Waals surface area contributed by atoms with Gasteiger partial charge in [-0.05, 0) is 19.4 Å². The molecule has 4 aromatic rings. The third kappa shape index (κ3) is 4.38. The third-order valence-corrected chi connectivity index (χ3v) is 5.36. The number of aromatic nitrogens is 3. The topological polar surface area (TPSA) is 154 Å². The molecule has 3 aromatic heterocycles. The van der Waals surface area contributed by atoms with Crippen LogP contribution in [0.1, 0.15) is 41.8 Å². The van der Waals surface area contributed by atoms with E-state index in [1.54, 1.807) is 13.8 Å². The molecule has 0 aliphatic carbocycles. The Labute approximate surface area is 198 Å². The molecule has 180 valence electrons. The summed E-state index contributed by atoms with van der Waals surface area (Å²) in [7, 11) is 0. The molecule has 0 spiro atoms. The minimum atomic E-state index is -1.22. The Bertz CT molecular complexity index is 1360. The van der Waals surface area contributed by atoms with Crippen molar-refractivity contribution in [2.45, 2.75) is 32.2 Å². The van der Waals surface area contributed by atoms with Gasteiger partial charge in [-0.2, -0.15) is 0 Å². The van der Waals surface area contributed by atoms with E-state index in [4.69, 9.17) is 27.8 Å². The van der Waals surface area contributed by atoms with E-state index in [1.165, 1.54) is 17.4 Å². The molecule has 0 unspecified atom stereocenters. The maximum atomic E-state index is 13.0. The molecule has 12 heteroatoms. The molecule has 1 aromatic carbocycles. The van der Waals surface area contributed by atoms with Crippen LogP contribution in [0.4, 0.5) is 4.79 Å². The summed E-state index contributed by atoms with van der Waals surface area (Å²) in [6.45, 7) is 3.77. The molecule has 35 heavy (non-hydrogen) atoms. The zero-order valence-electron chi connectivity index (χ0n) is 18.7. The van der Waals surface area contributed by atoms with Gasteiger partial charge in [-0.3, -0.25) is 4.90 Å². The largest absolute Gasteiger partial charge is 0.476 e. The van der Waals surface area contributed by atoms with Gasteiger partial charge in [-0.15, -0.1) is 0 Å². The molecule has 0 bridgehead atoms. The van der Waals surface area contributed by atoms with Crippen molar-refractivity contribution in [3.63, 3.8) is 0 Å². The second-order valence-electron chi connectivity index (χ2n) is 8.14. The van der Waals surface area contributed by atoms with Gasteiger partial charge in [0.05, 0.1) is 6.61 Å². The number of oxazole rings is 3. The molecule has 1 saturated heterocycles. The molecular formula is C23H20N4O8. The first kappa shape index (κ1) is 22.3. The van der Waals surface area contributed by atoms with Gasteiger partial charge in [-0.1, -0.05) is 30.3 Å². The monoisotopic (exact) mass is 480 g/mol. The fourth-order valence-corrected chi connectivity index (χ4v) is 3.64. The molecule has 1 atom stereocenters. The van der Waals surface area contributed by atoms with Crippen molar-refractivity contribution in [2.75, 3.05) is 6.61 Å². The highest BCUT2D eigenvalue weighted by Gasteiger charge is 2.47. The van der Waals surface area contributed by atoms with Crippen molar-refractivity contribution in [2.24, 2.45) is 0 Å². The number of carboxylic acid groups (broad SMARTS) is 1. The first-order valence-corrected chi connectivity index (χ1v) is 10.6. The van der Waals surface area contributed by atoms with Crippen molar-refractivity contribution in [1.29, 1.82) is 0 Å². The van der Waals surface area contributed by atoms with Crippen LogP contribution in [0, 0.1) is 0 Å². The lowest BCUT2D eigenvalue weighted by molar-refractivity contribution is -0.0500. The predicted molar refractivity (Wildman–Crippen MR) is 116 cm³/mol. The number of hydrogen-bond donors (Lipinski definition) is 1. The number of aromatic carboxylic acids is 1. The minimum Gasteiger partial charge on any atom is -0.476 e. The molecule has 4 heterocycles. The molecular weight excluding hydrogens is 460 g/mol. The lowest BCUT2D eigenvalue weighted by atomic mass is 10.2. The van der Waals surface area contributed by atoms with Crippen LogP contribution in [-0.2, 0) is 16.1 Å². The van der Waals surface area contributed by atoms with Crippen LogP contribution in [0.2, 0.25) is 0 Å². The van der Waals surface area contributed by atoms with Crippen LogP contribution in [0.25, 0.3) is 23.2 Å².